The number of Topliss-reactive ketones (excluding diaryl/α,β-unsaturated/α-hetero) is 1. The van der Waals surface area contributed by atoms with Crippen LogP contribution in [0.3, 0.4) is 0 Å². The molecule has 2 fully saturated rings. The Kier molecular flexibility index (Phi) is 8.48. The minimum atomic E-state index is -3.25. The van der Waals surface area contributed by atoms with Gasteiger partial charge in [0, 0.05) is 12.0 Å². The molecule has 30 heavy (non-hydrogen) atoms. The van der Waals surface area contributed by atoms with Gasteiger partial charge in [-0.3, -0.25) is 4.79 Å². The molecule has 1 aromatic rings. The van der Waals surface area contributed by atoms with Crippen molar-refractivity contribution in [2.24, 2.45) is 17.8 Å². The van der Waals surface area contributed by atoms with Crippen LogP contribution >= 0.6 is 0 Å². The van der Waals surface area contributed by atoms with Gasteiger partial charge >= 0.3 is 5.92 Å². The largest absolute Gasteiger partial charge is 0.309 e. The molecular weight excluding hydrogens is 378 g/mol. The van der Waals surface area contributed by atoms with Gasteiger partial charge in [-0.25, -0.2) is 0 Å². The van der Waals surface area contributed by atoms with Crippen LogP contribution in [0.4, 0.5) is 8.78 Å². The molecule has 0 saturated heterocycles. The van der Waals surface area contributed by atoms with E-state index < -0.39 is 11.7 Å². The summed E-state index contributed by atoms with van der Waals surface area (Å²) in [6.45, 7) is 3.97. The van der Waals surface area contributed by atoms with Crippen LogP contribution in [0, 0.1) is 17.8 Å². The summed E-state index contributed by atoms with van der Waals surface area (Å²) in [6.07, 6.45) is 14.8. The molecule has 0 atom stereocenters. The van der Waals surface area contributed by atoms with E-state index in [1.54, 1.807) is 19.1 Å². The minimum absolute atomic E-state index is 0.144. The van der Waals surface area contributed by atoms with Crippen LogP contribution in [-0.4, -0.2) is 11.7 Å². The van der Waals surface area contributed by atoms with Crippen LogP contribution in [0.1, 0.15) is 119 Å². The third-order valence-electron chi connectivity index (χ3n) is 7.84. The summed E-state index contributed by atoms with van der Waals surface area (Å²) in [5.74, 6) is -0.990. The molecule has 3 rings (SSSR count). The van der Waals surface area contributed by atoms with Gasteiger partial charge in [0.1, 0.15) is 0 Å². The molecule has 0 radical (unpaired) electrons. The lowest BCUT2D eigenvalue weighted by Crippen LogP contribution is -2.28. The molecule has 0 aromatic heterocycles. The van der Waals surface area contributed by atoms with E-state index in [4.69, 9.17) is 0 Å². The molecular formula is C27H40F2O. The number of hydrogen-bond acceptors (Lipinski definition) is 1. The summed E-state index contributed by atoms with van der Waals surface area (Å²) in [4.78, 5) is 12.1. The molecule has 2 aliphatic rings. The van der Waals surface area contributed by atoms with Gasteiger partial charge in [-0.2, -0.15) is 8.78 Å². The minimum Gasteiger partial charge on any atom is -0.287 e. The number of rotatable bonds is 9. The average Bonchev–Trinajstić information content (AvgIpc) is 2.78. The van der Waals surface area contributed by atoms with Crippen molar-refractivity contribution in [3.63, 3.8) is 0 Å². The highest BCUT2D eigenvalue weighted by Gasteiger charge is 2.38. The summed E-state index contributed by atoms with van der Waals surface area (Å²) in [7, 11) is 0. The molecule has 0 unspecified atom stereocenters. The lowest BCUT2D eigenvalue weighted by atomic mass is 9.68. The molecule has 0 heterocycles. The number of unbranched alkanes of at least 4 members (excludes halogenated alkanes) is 1. The average molecular weight is 419 g/mol. The van der Waals surface area contributed by atoms with Gasteiger partial charge in [-0.1, -0.05) is 70.2 Å². The van der Waals surface area contributed by atoms with Crippen molar-refractivity contribution in [2.45, 2.75) is 109 Å². The first kappa shape index (κ1) is 23.4. The Labute approximate surface area is 182 Å². The Balaban J connectivity index is 1.48. The van der Waals surface area contributed by atoms with Crippen LogP contribution in [0.15, 0.2) is 24.3 Å². The van der Waals surface area contributed by atoms with Gasteiger partial charge in [-0.05, 0) is 74.2 Å². The zero-order chi connectivity index (χ0) is 21.6. The molecule has 0 bridgehead atoms. The van der Waals surface area contributed by atoms with E-state index in [0.717, 1.165) is 17.8 Å². The third-order valence-corrected chi connectivity index (χ3v) is 7.84. The Bertz CT molecular complexity index is 650. The maximum absolute atomic E-state index is 13.9. The zero-order valence-electron chi connectivity index (χ0n) is 19.0. The fraction of sp³-hybridized carbons (Fsp3) is 0.741. The van der Waals surface area contributed by atoms with E-state index in [-0.39, 0.29) is 12.0 Å². The fourth-order valence-electron chi connectivity index (χ4n) is 5.91. The van der Waals surface area contributed by atoms with Crippen LogP contribution in [-0.2, 0) is 0 Å². The van der Waals surface area contributed by atoms with Crippen LogP contribution in [0.2, 0.25) is 0 Å². The molecule has 0 aliphatic heterocycles. The number of carbonyl (C=O) groups excluding carboxylic acids is 1. The molecule has 2 aliphatic carbocycles. The zero-order valence-corrected chi connectivity index (χ0v) is 19.0. The number of ketones is 1. The van der Waals surface area contributed by atoms with Crippen molar-refractivity contribution in [1.82, 2.24) is 0 Å². The maximum atomic E-state index is 13.9. The summed E-state index contributed by atoms with van der Waals surface area (Å²) in [5, 5.41) is 0. The Morgan fingerprint density at radius 2 is 1.43 bits per heavy atom. The van der Waals surface area contributed by atoms with Gasteiger partial charge in [0.15, 0.2) is 0 Å². The first-order valence-electron chi connectivity index (χ1n) is 12.5. The second-order valence-corrected chi connectivity index (χ2v) is 9.94. The number of benzene rings is 1. The number of hydrogen-bond donors (Lipinski definition) is 0. The monoisotopic (exact) mass is 418 g/mol. The second-order valence-electron chi connectivity index (χ2n) is 9.94. The lowest BCUT2D eigenvalue weighted by Gasteiger charge is -2.38. The SMILES string of the molecule is CCCCC1CCC(C2CCC(c3ccc(C(=O)C(F)(F)CCC)cc3)CC2)CC1. The second kappa shape index (κ2) is 10.9. The molecule has 3 heteroatoms. The topological polar surface area (TPSA) is 17.1 Å². The highest BCUT2D eigenvalue weighted by Crippen LogP contribution is 2.44. The third kappa shape index (κ3) is 5.92. The summed E-state index contributed by atoms with van der Waals surface area (Å²) in [5.41, 5.74) is 1.36. The van der Waals surface area contributed by atoms with Gasteiger partial charge in [0.25, 0.3) is 0 Å². The summed E-state index contributed by atoms with van der Waals surface area (Å²) < 4.78 is 27.8. The first-order chi connectivity index (χ1) is 14.4. The highest BCUT2D eigenvalue weighted by molar-refractivity contribution is 6.01. The summed E-state index contributed by atoms with van der Waals surface area (Å²) in [6, 6.07) is 7.06. The van der Waals surface area contributed by atoms with Gasteiger partial charge in [0.2, 0.25) is 5.78 Å². The lowest BCUT2D eigenvalue weighted by molar-refractivity contribution is 0.00453. The number of carbonyl (C=O) groups is 1. The van der Waals surface area contributed by atoms with E-state index >= 15 is 0 Å². The Morgan fingerprint density at radius 3 is 1.97 bits per heavy atom. The standard InChI is InChI=1S/C27H40F2O/c1-3-5-6-20-7-9-21(10-8-20)22-11-13-23(14-12-22)24-15-17-25(18-16-24)26(30)27(28,29)19-4-2/h15-18,20-23H,3-14,19H2,1-2H3. The predicted octanol–water partition coefficient (Wildman–Crippen LogP) is 8.58. The van der Waals surface area contributed by atoms with Crippen molar-refractivity contribution in [2.75, 3.05) is 0 Å². The Morgan fingerprint density at radius 1 is 0.867 bits per heavy atom. The van der Waals surface area contributed by atoms with Crippen molar-refractivity contribution >= 4 is 5.78 Å². The molecule has 0 spiro atoms. The van der Waals surface area contributed by atoms with E-state index in [1.165, 1.54) is 76.2 Å². The molecule has 1 nitrogen and oxygen atoms in total. The van der Waals surface area contributed by atoms with Gasteiger partial charge in [-0.15, -0.1) is 0 Å². The first-order valence-corrected chi connectivity index (χ1v) is 12.5. The van der Waals surface area contributed by atoms with Crippen LogP contribution in [0.5, 0.6) is 0 Å². The van der Waals surface area contributed by atoms with Crippen molar-refractivity contribution in [3.8, 4) is 0 Å². The smallest absolute Gasteiger partial charge is 0.287 e. The van der Waals surface area contributed by atoms with Crippen molar-refractivity contribution in [1.29, 1.82) is 0 Å². The normalized spacial score (nSPS) is 27.7. The van der Waals surface area contributed by atoms with Crippen molar-refractivity contribution in [3.05, 3.63) is 35.4 Å². The van der Waals surface area contributed by atoms with E-state index in [9.17, 15) is 13.6 Å². The molecule has 0 amide bonds. The Hall–Kier alpha value is -1.25. The highest BCUT2D eigenvalue weighted by atomic mass is 19.3. The van der Waals surface area contributed by atoms with Gasteiger partial charge in [0.05, 0.1) is 0 Å². The molecule has 168 valence electrons. The molecule has 0 N–H and O–H groups in total. The summed E-state index contributed by atoms with van der Waals surface area (Å²) >= 11 is 0. The quantitative estimate of drug-likeness (QED) is 0.367. The van der Waals surface area contributed by atoms with Gasteiger partial charge < -0.3 is 0 Å². The van der Waals surface area contributed by atoms with E-state index in [2.05, 4.69) is 6.92 Å². The van der Waals surface area contributed by atoms with Crippen LogP contribution < -0.4 is 0 Å². The van der Waals surface area contributed by atoms with E-state index in [1.807, 2.05) is 12.1 Å². The number of alkyl halides is 2. The van der Waals surface area contributed by atoms with Crippen molar-refractivity contribution < 1.29 is 13.6 Å². The fourth-order valence-corrected chi connectivity index (χ4v) is 5.91. The predicted molar refractivity (Wildman–Crippen MR) is 120 cm³/mol. The maximum Gasteiger partial charge on any atom is 0.309 e. The number of halogens is 2. The molecule has 1 aromatic carbocycles. The molecule has 2 saturated carbocycles. The van der Waals surface area contributed by atoms with Crippen LogP contribution in [0.25, 0.3) is 0 Å². The van der Waals surface area contributed by atoms with E-state index in [0.29, 0.717) is 12.3 Å².